The maximum absolute atomic E-state index is 12.0. The molecule has 0 unspecified atom stereocenters. The van der Waals surface area contributed by atoms with Gasteiger partial charge >= 0.3 is 61.6 Å². The minimum absolute atomic E-state index is 0. The van der Waals surface area contributed by atoms with Crippen LogP contribution in [0.3, 0.4) is 0 Å². The van der Waals surface area contributed by atoms with Crippen LogP contribution < -0.4 is 0 Å². The van der Waals surface area contributed by atoms with Crippen molar-refractivity contribution in [3.63, 3.8) is 0 Å². The number of hydrogen-bond donors (Lipinski definition) is 0. The van der Waals surface area contributed by atoms with Crippen LogP contribution in [0.25, 0.3) is 0 Å². The van der Waals surface area contributed by atoms with Gasteiger partial charge in [0.25, 0.3) is 0 Å². The van der Waals surface area contributed by atoms with E-state index in [2.05, 4.69) is 0 Å². The zero-order valence-corrected chi connectivity index (χ0v) is 32.7. The summed E-state index contributed by atoms with van der Waals surface area (Å²) in [5.74, 6) is -2.93. The van der Waals surface area contributed by atoms with Crippen LogP contribution >= 0.6 is 0 Å². The zero-order chi connectivity index (χ0) is 37.0. The molecule has 0 aliphatic rings. The predicted octanol–water partition coefficient (Wildman–Crippen LogP) is 4.05. The molecule has 0 aliphatic heterocycles. The Hall–Kier alpha value is -2.60. The van der Waals surface area contributed by atoms with E-state index < -0.39 is 53.9 Å². The fourth-order valence-electron chi connectivity index (χ4n) is 3.26. The van der Waals surface area contributed by atoms with Gasteiger partial charge in [-0.2, -0.15) is 0 Å². The van der Waals surface area contributed by atoms with E-state index >= 15 is 0 Å². The molecule has 0 N–H and O–H groups in total. The number of carbonyl (C=O) groups excluding carboxylic acids is 4. The average molecular weight is 755 g/mol. The van der Waals surface area contributed by atoms with Crippen molar-refractivity contribution in [2.24, 2.45) is 23.7 Å². The van der Waals surface area contributed by atoms with Gasteiger partial charge in [0.1, 0.15) is 20.2 Å². The zero-order valence-electron chi connectivity index (χ0n) is 28.8. The SMILES string of the molecule is CC(C)COC(=O)c1cc(C(=O)OCC(C)C)cc(S(=O)(=O)[O-])c1.CC(C)COC(=O)c1cc(C(=O)OCC(C)C)cc(S(=O)(=O)[O-])c1.[Ca+2]. The Bertz CT molecular complexity index is 1460. The standard InChI is InChI=1S/2C16H22O7S.Ca/c2*1-10(2)8-22-15(17)12-5-13(16(18)23-9-11(3)4)7-14(6-12)24(19,20)21;/h2*5-7,10-11H,8-9H2,1-4H3,(H,19,20,21);/q;;+2/p-2. The fraction of sp³-hybridized carbons (Fsp3) is 0.500. The van der Waals surface area contributed by atoms with E-state index in [-0.39, 0.29) is 110 Å². The molecule has 2 aromatic rings. The van der Waals surface area contributed by atoms with Crippen molar-refractivity contribution in [1.82, 2.24) is 0 Å². The quantitative estimate of drug-likeness (QED) is 0.115. The summed E-state index contributed by atoms with van der Waals surface area (Å²) >= 11 is 0. The van der Waals surface area contributed by atoms with E-state index in [9.17, 15) is 45.1 Å². The molecular weight excluding hydrogens is 713 g/mol. The first-order chi connectivity index (χ1) is 22.0. The Morgan fingerprint density at radius 2 is 0.653 bits per heavy atom. The molecule has 17 heteroatoms. The van der Waals surface area contributed by atoms with Gasteiger partial charge in [-0.3, -0.25) is 0 Å². The molecule has 0 fully saturated rings. The molecule has 0 saturated carbocycles. The van der Waals surface area contributed by atoms with Crippen LogP contribution in [-0.4, -0.2) is 114 Å². The van der Waals surface area contributed by atoms with Gasteiger partial charge in [0.15, 0.2) is 0 Å². The van der Waals surface area contributed by atoms with Crippen molar-refractivity contribution in [2.45, 2.75) is 65.2 Å². The first-order valence-corrected chi connectivity index (χ1v) is 17.7. The summed E-state index contributed by atoms with van der Waals surface area (Å²) in [5.41, 5.74) is -0.763. The molecule has 2 aromatic carbocycles. The summed E-state index contributed by atoms with van der Waals surface area (Å²) in [6.07, 6.45) is 0. The molecule has 0 radical (unpaired) electrons. The number of rotatable bonds is 14. The van der Waals surface area contributed by atoms with Gasteiger partial charge < -0.3 is 28.1 Å². The average Bonchev–Trinajstić information content (AvgIpc) is 2.98. The first-order valence-electron chi connectivity index (χ1n) is 14.9. The summed E-state index contributed by atoms with van der Waals surface area (Å²) in [5, 5.41) is 0. The van der Waals surface area contributed by atoms with E-state index in [0.717, 1.165) is 36.4 Å². The molecule has 0 atom stereocenters. The number of esters is 4. The van der Waals surface area contributed by atoms with Crippen molar-refractivity contribution in [3.8, 4) is 0 Å². The summed E-state index contributed by atoms with van der Waals surface area (Å²) in [4.78, 5) is 46.6. The largest absolute Gasteiger partial charge is 2.00 e. The van der Waals surface area contributed by atoms with Crippen LogP contribution in [-0.2, 0) is 39.2 Å². The maximum Gasteiger partial charge on any atom is 2.00 e. The van der Waals surface area contributed by atoms with E-state index in [4.69, 9.17) is 18.9 Å². The molecule has 0 amide bonds. The van der Waals surface area contributed by atoms with Gasteiger partial charge in [-0.25, -0.2) is 36.0 Å². The van der Waals surface area contributed by atoms with E-state index in [1.54, 1.807) is 0 Å². The second kappa shape index (κ2) is 20.9. The first kappa shape index (κ1) is 46.4. The molecule has 0 saturated heterocycles. The minimum Gasteiger partial charge on any atom is -0.744 e. The second-order valence-corrected chi connectivity index (χ2v) is 15.1. The molecule has 268 valence electrons. The fourth-order valence-corrected chi connectivity index (χ4v) is 4.35. The maximum atomic E-state index is 12.0. The molecule has 0 aromatic heterocycles. The topological polar surface area (TPSA) is 220 Å². The number of ether oxygens (including phenoxy) is 4. The molecule has 2 rings (SSSR count). The third kappa shape index (κ3) is 17.8. The molecule has 0 bridgehead atoms. The summed E-state index contributed by atoms with van der Waals surface area (Å²) in [6, 6.07) is 5.88. The number of hydrogen-bond acceptors (Lipinski definition) is 14. The second-order valence-electron chi connectivity index (χ2n) is 12.4. The van der Waals surface area contributed by atoms with Gasteiger partial charge in [0, 0.05) is 0 Å². The van der Waals surface area contributed by atoms with Crippen molar-refractivity contribution in [1.29, 1.82) is 0 Å². The molecule has 14 nitrogen and oxygen atoms in total. The molecule has 0 heterocycles. The van der Waals surface area contributed by atoms with E-state index in [1.165, 1.54) is 0 Å². The van der Waals surface area contributed by atoms with Crippen LogP contribution in [0.1, 0.15) is 96.8 Å². The number of benzene rings is 2. The normalized spacial score (nSPS) is 11.4. The van der Waals surface area contributed by atoms with Crippen LogP contribution in [0.2, 0.25) is 0 Å². The Morgan fingerprint density at radius 3 is 0.796 bits per heavy atom. The number of carbonyl (C=O) groups is 4. The molecular formula is C32H42CaO14S2. The van der Waals surface area contributed by atoms with Crippen molar-refractivity contribution < 1.29 is 64.1 Å². The molecule has 0 aliphatic carbocycles. The van der Waals surface area contributed by atoms with Crippen LogP contribution in [0.5, 0.6) is 0 Å². The molecule has 49 heavy (non-hydrogen) atoms. The Morgan fingerprint density at radius 1 is 0.469 bits per heavy atom. The van der Waals surface area contributed by atoms with Crippen molar-refractivity contribution in [2.75, 3.05) is 26.4 Å². The smallest absolute Gasteiger partial charge is 0.744 e. The van der Waals surface area contributed by atoms with Crippen molar-refractivity contribution >= 4 is 81.9 Å². The van der Waals surface area contributed by atoms with Gasteiger partial charge in [0.05, 0.1) is 58.5 Å². The summed E-state index contributed by atoms with van der Waals surface area (Å²) in [7, 11) is -9.69. The van der Waals surface area contributed by atoms with Crippen LogP contribution in [0.4, 0.5) is 0 Å². The van der Waals surface area contributed by atoms with Gasteiger partial charge in [0.2, 0.25) is 0 Å². The van der Waals surface area contributed by atoms with Crippen molar-refractivity contribution in [3.05, 3.63) is 58.7 Å². The third-order valence-corrected chi connectivity index (χ3v) is 7.15. The van der Waals surface area contributed by atoms with Crippen LogP contribution in [0, 0.1) is 23.7 Å². The van der Waals surface area contributed by atoms with E-state index in [0.29, 0.717) is 0 Å². The summed E-state index contributed by atoms with van der Waals surface area (Å²) in [6.45, 7) is 15.2. The summed E-state index contributed by atoms with van der Waals surface area (Å²) < 4.78 is 87.5. The molecule has 0 spiro atoms. The third-order valence-electron chi connectivity index (χ3n) is 5.52. The minimum atomic E-state index is -4.84. The van der Waals surface area contributed by atoms with E-state index in [1.807, 2.05) is 55.4 Å². The van der Waals surface area contributed by atoms with Gasteiger partial charge in [-0.1, -0.05) is 55.4 Å². The Labute approximate surface area is 317 Å². The van der Waals surface area contributed by atoms with Crippen LogP contribution in [0.15, 0.2) is 46.2 Å². The monoisotopic (exact) mass is 754 g/mol. The van der Waals surface area contributed by atoms with Gasteiger partial charge in [-0.15, -0.1) is 0 Å². The predicted molar refractivity (Wildman–Crippen MR) is 175 cm³/mol. The Balaban J connectivity index is 0.000000922. The van der Waals surface area contributed by atoms with Gasteiger partial charge in [-0.05, 0) is 60.1 Å². The Kier molecular flexibility index (Phi) is 19.8.